The standard InChI is InChI=1S/C12H15BrN4/c1-17(2)7-9-4-3-8(5-11(9)13)10-6-15-16-12(10)14/h3-6H,7H2,1-2H3,(H3,14,15,16). The molecule has 0 aliphatic heterocycles. The number of rotatable bonds is 3. The highest BCUT2D eigenvalue weighted by molar-refractivity contribution is 9.10. The maximum absolute atomic E-state index is 5.80. The molecule has 3 N–H and O–H groups in total. The second-order valence-corrected chi connectivity index (χ2v) is 5.10. The molecule has 90 valence electrons. The molecule has 2 rings (SSSR count). The van der Waals surface area contributed by atoms with Gasteiger partial charge in [0.15, 0.2) is 0 Å². The van der Waals surface area contributed by atoms with E-state index in [-0.39, 0.29) is 0 Å². The number of anilines is 1. The average Bonchev–Trinajstić information content (AvgIpc) is 2.67. The van der Waals surface area contributed by atoms with Crippen LogP contribution in [0.1, 0.15) is 5.56 Å². The number of H-pyrrole nitrogens is 1. The zero-order valence-corrected chi connectivity index (χ0v) is 11.5. The Labute approximate surface area is 109 Å². The van der Waals surface area contributed by atoms with Gasteiger partial charge in [-0.2, -0.15) is 5.10 Å². The monoisotopic (exact) mass is 294 g/mol. The molecular formula is C12H15BrN4. The van der Waals surface area contributed by atoms with Crippen LogP contribution in [-0.2, 0) is 6.54 Å². The number of aromatic nitrogens is 2. The van der Waals surface area contributed by atoms with Crippen molar-refractivity contribution in [2.24, 2.45) is 0 Å². The van der Waals surface area contributed by atoms with Crippen molar-refractivity contribution in [1.82, 2.24) is 15.1 Å². The van der Waals surface area contributed by atoms with Gasteiger partial charge in [-0.25, -0.2) is 0 Å². The lowest BCUT2D eigenvalue weighted by molar-refractivity contribution is 0.401. The highest BCUT2D eigenvalue weighted by atomic mass is 79.9. The molecule has 0 amide bonds. The maximum Gasteiger partial charge on any atom is 0.126 e. The Bertz CT molecular complexity index is 519. The van der Waals surface area contributed by atoms with Crippen LogP contribution in [0.3, 0.4) is 0 Å². The number of hydrogen-bond acceptors (Lipinski definition) is 3. The molecule has 1 aromatic heterocycles. The van der Waals surface area contributed by atoms with E-state index in [0.29, 0.717) is 5.82 Å². The molecule has 0 saturated carbocycles. The van der Waals surface area contributed by atoms with Crippen LogP contribution >= 0.6 is 15.9 Å². The molecule has 0 aliphatic rings. The van der Waals surface area contributed by atoms with Gasteiger partial charge in [-0.1, -0.05) is 28.1 Å². The summed E-state index contributed by atoms with van der Waals surface area (Å²) in [4.78, 5) is 2.13. The minimum Gasteiger partial charge on any atom is -0.384 e. The first-order valence-corrected chi connectivity index (χ1v) is 6.09. The Morgan fingerprint density at radius 2 is 2.18 bits per heavy atom. The van der Waals surface area contributed by atoms with Gasteiger partial charge in [0.1, 0.15) is 5.82 Å². The lowest BCUT2D eigenvalue weighted by Crippen LogP contribution is -2.10. The van der Waals surface area contributed by atoms with Crippen molar-refractivity contribution in [3.05, 3.63) is 34.4 Å². The number of halogens is 1. The normalized spacial score (nSPS) is 11.1. The van der Waals surface area contributed by atoms with E-state index in [9.17, 15) is 0 Å². The van der Waals surface area contributed by atoms with E-state index in [1.54, 1.807) is 6.20 Å². The largest absolute Gasteiger partial charge is 0.384 e. The van der Waals surface area contributed by atoms with Gasteiger partial charge in [0.2, 0.25) is 0 Å². The van der Waals surface area contributed by atoms with Gasteiger partial charge in [-0.15, -0.1) is 0 Å². The number of nitrogens with zero attached hydrogens (tertiary/aromatic N) is 2. The van der Waals surface area contributed by atoms with Gasteiger partial charge in [0.25, 0.3) is 0 Å². The maximum atomic E-state index is 5.80. The van der Waals surface area contributed by atoms with E-state index >= 15 is 0 Å². The first-order valence-electron chi connectivity index (χ1n) is 5.30. The molecule has 0 atom stereocenters. The van der Waals surface area contributed by atoms with Crippen molar-refractivity contribution in [2.75, 3.05) is 19.8 Å². The Balaban J connectivity index is 2.34. The molecular weight excluding hydrogens is 280 g/mol. The van der Waals surface area contributed by atoms with Crippen LogP contribution in [0.5, 0.6) is 0 Å². The van der Waals surface area contributed by atoms with Gasteiger partial charge in [0, 0.05) is 16.6 Å². The van der Waals surface area contributed by atoms with Crippen molar-refractivity contribution < 1.29 is 0 Å². The van der Waals surface area contributed by atoms with E-state index in [4.69, 9.17) is 5.73 Å². The van der Waals surface area contributed by atoms with E-state index in [1.165, 1.54) is 5.56 Å². The zero-order chi connectivity index (χ0) is 12.4. The summed E-state index contributed by atoms with van der Waals surface area (Å²) in [7, 11) is 4.10. The highest BCUT2D eigenvalue weighted by Gasteiger charge is 2.07. The molecule has 0 aliphatic carbocycles. The number of aromatic amines is 1. The predicted molar refractivity (Wildman–Crippen MR) is 73.5 cm³/mol. The molecule has 17 heavy (non-hydrogen) atoms. The molecule has 0 spiro atoms. The third-order valence-corrected chi connectivity index (χ3v) is 3.26. The SMILES string of the molecule is CN(C)Cc1ccc(-c2cn[nH]c2N)cc1Br. The van der Waals surface area contributed by atoms with Crippen molar-refractivity contribution in [3.8, 4) is 11.1 Å². The molecule has 0 saturated heterocycles. The van der Waals surface area contributed by atoms with Gasteiger partial charge in [0.05, 0.1) is 6.20 Å². The lowest BCUT2D eigenvalue weighted by Gasteiger charge is -2.12. The molecule has 0 bridgehead atoms. The van der Waals surface area contributed by atoms with Crippen molar-refractivity contribution in [3.63, 3.8) is 0 Å². The molecule has 1 aromatic carbocycles. The fourth-order valence-corrected chi connectivity index (χ4v) is 2.21. The summed E-state index contributed by atoms with van der Waals surface area (Å²) in [5, 5.41) is 6.66. The van der Waals surface area contributed by atoms with E-state index in [2.05, 4.69) is 63.3 Å². The van der Waals surface area contributed by atoms with Crippen LogP contribution in [0.4, 0.5) is 5.82 Å². The quantitative estimate of drug-likeness (QED) is 0.914. The second-order valence-electron chi connectivity index (χ2n) is 4.24. The third-order valence-electron chi connectivity index (χ3n) is 2.52. The zero-order valence-electron chi connectivity index (χ0n) is 9.87. The molecule has 1 heterocycles. The van der Waals surface area contributed by atoms with Gasteiger partial charge in [-0.3, -0.25) is 5.10 Å². The third kappa shape index (κ3) is 2.68. The van der Waals surface area contributed by atoms with Crippen LogP contribution < -0.4 is 5.73 Å². The number of nitrogens with two attached hydrogens (primary N) is 1. The average molecular weight is 295 g/mol. The van der Waals surface area contributed by atoms with E-state index < -0.39 is 0 Å². The topological polar surface area (TPSA) is 57.9 Å². The predicted octanol–water partition coefficient (Wildman–Crippen LogP) is 2.48. The fraction of sp³-hybridized carbons (Fsp3) is 0.250. The van der Waals surface area contributed by atoms with Crippen LogP contribution in [0.25, 0.3) is 11.1 Å². The first-order chi connectivity index (χ1) is 8.08. The molecule has 0 unspecified atom stereocenters. The van der Waals surface area contributed by atoms with Crippen LogP contribution in [0.2, 0.25) is 0 Å². The smallest absolute Gasteiger partial charge is 0.126 e. The summed E-state index contributed by atoms with van der Waals surface area (Å²) < 4.78 is 1.09. The summed E-state index contributed by atoms with van der Waals surface area (Å²) in [5.74, 6) is 0.595. The number of nitrogen functional groups attached to an aromatic ring is 1. The molecule has 0 fully saturated rings. The second kappa shape index (κ2) is 4.89. The lowest BCUT2D eigenvalue weighted by atomic mass is 10.1. The minimum atomic E-state index is 0.595. The minimum absolute atomic E-state index is 0.595. The Morgan fingerprint density at radius 1 is 1.41 bits per heavy atom. The van der Waals surface area contributed by atoms with Gasteiger partial charge in [-0.05, 0) is 31.3 Å². The highest BCUT2D eigenvalue weighted by Crippen LogP contribution is 2.28. The van der Waals surface area contributed by atoms with E-state index in [1.807, 2.05) is 0 Å². The van der Waals surface area contributed by atoms with Crippen LogP contribution in [0.15, 0.2) is 28.9 Å². The molecule has 4 nitrogen and oxygen atoms in total. The summed E-state index contributed by atoms with van der Waals surface area (Å²) in [6.07, 6.45) is 1.74. The summed E-state index contributed by atoms with van der Waals surface area (Å²) in [6, 6.07) is 6.23. The van der Waals surface area contributed by atoms with E-state index in [0.717, 1.165) is 22.1 Å². The Hall–Kier alpha value is -1.33. The number of benzene rings is 1. The number of nitrogens with one attached hydrogen (secondary N) is 1. The number of hydrogen-bond donors (Lipinski definition) is 2. The van der Waals surface area contributed by atoms with Crippen molar-refractivity contribution >= 4 is 21.7 Å². The summed E-state index contributed by atoms with van der Waals surface area (Å²) in [5.41, 5.74) is 9.04. The first kappa shape index (κ1) is 12.1. The van der Waals surface area contributed by atoms with Crippen molar-refractivity contribution in [2.45, 2.75) is 6.54 Å². The summed E-state index contributed by atoms with van der Waals surface area (Å²) in [6.45, 7) is 0.904. The van der Waals surface area contributed by atoms with Gasteiger partial charge >= 0.3 is 0 Å². The van der Waals surface area contributed by atoms with Gasteiger partial charge < -0.3 is 10.6 Å². The molecule has 2 aromatic rings. The summed E-state index contributed by atoms with van der Waals surface area (Å²) >= 11 is 3.59. The van der Waals surface area contributed by atoms with Crippen LogP contribution in [0, 0.1) is 0 Å². The molecule has 0 radical (unpaired) electrons. The fourth-order valence-electron chi connectivity index (χ4n) is 1.71. The Kier molecular flexibility index (Phi) is 3.49. The Morgan fingerprint density at radius 3 is 2.71 bits per heavy atom. The van der Waals surface area contributed by atoms with Crippen molar-refractivity contribution in [1.29, 1.82) is 0 Å². The molecule has 5 heteroatoms. The van der Waals surface area contributed by atoms with Crippen LogP contribution in [-0.4, -0.2) is 29.2 Å².